The molecule has 9 nitrogen and oxygen atoms in total. The minimum atomic E-state index is -0.877. The molecule has 4 rings (SSSR count). The number of aromatic nitrogens is 4. The molecule has 32 heavy (non-hydrogen) atoms. The Morgan fingerprint density at radius 3 is 2.88 bits per heavy atom. The van der Waals surface area contributed by atoms with Gasteiger partial charge < -0.3 is 19.1 Å². The predicted octanol–water partition coefficient (Wildman–Crippen LogP) is 4.24. The third-order valence-electron chi connectivity index (χ3n) is 5.67. The third-order valence-corrected chi connectivity index (χ3v) is 5.67. The largest absolute Gasteiger partial charge is 0.481 e. The predicted molar refractivity (Wildman–Crippen MR) is 116 cm³/mol. The van der Waals surface area contributed by atoms with E-state index in [4.69, 9.17) is 19.1 Å². The molecule has 2 aromatic heterocycles. The number of hydrogen-bond donors (Lipinski definition) is 1. The Bertz CT molecular complexity index is 1040. The quantitative estimate of drug-likeness (QED) is 0.466. The number of carboxylic acids is 1. The zero-order valence-electron chi connectivity index (χ0n) is 18.2. The average Bonchev–Trinajstić information content (AvgIpc) is 3.45. The minimum Gasteiger partial charge on any atom is -0.481 e. The van der Waals surface area contributed by atoms with Crippen molar-refractivity contribution in [2.45, 2.75) is 57.8 Å². The number of rotatable bonds is 10. The highest BCUT2D eigenvalue weighted by Crippen LogP contribution is 2.33. The van der Waals surface area contributed by atoms with Crippen molar-refractivity contribution in [3.8, 4) is 22.8 Å². The van der Waals surface area contributed by atoms with Crippen molar-refractivity contribution in [2.24, 2.45) is 0 Å². The van der Waals surface area contributed by atoms with Gasteiger partial charge in [-0.05, 0) is 24.5 Å². The molecule has 3 aromatic rings. The van der Waals surface area contributed by atoms with Gasteiger partial charge in [-0.2, -0.15) is 10.1 Å². The summed E-state index contributed by atoms with van der Waals surface area (Å²) in [6, 6.07) is 7.99. The molecule has 9 heteroatoms. The highest BCUT2D eigenvalue weighted by molar-refractivity contribution is 5.66. The Balaban J connectivity index is 1.52. The molecule has 0 saturated heterocycles. The first-order chi connectivity index (χ1) is 15.7. The first kappa shape index (κ1) is 22.2. The van der Waals surface area contributed by atoms with E-state index < -0.39 is 5.97 Å². The second-order valence-corrected chi connectivity index (χ2v) is 7.99. The van der Waals surface area contributed by atoms with Gasteiger partial charge in [0, 0.05) is 12.7 Å². The first-order valence-electron chi connectivity index (χ1n) is 10.9. The van der Waals surface area contributed by atoms with E-state index in [9.17, 15) is 4.79 Å². The number of nitrogens with zero attached hydrogens (tertiary/aromatic N) is 4. The number of aliphatic carboxylic acids is 1. The Hall–Kier alpha value is -3.04. The molecule has 0 amide bonds. The molecular weight excluding hydrogens is 412 g/mol. The Morgan fingerprint density at radius 2 is 2.09 bits per heavy atom. The lowest BCUT2D eigenvalue weighted by molar-refractivity contribution is -0.138. The van der Waals surface area contributed by atoms with Gasteiger partial charge in [-0.15, -0.1) is 0 Å². The highest BCUT2D eigenvalue weighted by Gasteiger charge is 2.24. The Kier molecular flexibility index (Phi) is 7.28. The fourth-order valence-corrected chi connectivity index (χ4v) is 4.09. The normalized spacial score (nSPS) is 14.7. The summed E-state index contributed by atoms with van der Waals surface area (Å²) >= 11 is 0. The fraction of sp³-hybridized carbons (Fsp3) is 0.478. The Morgan fingerprint density at radius 1 is 1.25 bits per heavy atom. The number of benzene rings is 1. The van der Waals surface area contributed by atoms with Crippen LogP contribution < -0.4 is 0 Å². The van der Waals surface area contributed by atoms with E-state index in [1.807, 2.05) is 24.3 Å². The van der Waals surface area contributed by atoms with Crippen LogP contribution in [0, 0.1) is 0 Å². The summed E-state index contributed by atoms with van der Waals surface area (Å²) in [5.74, 6) is 0.0103. The summed E-state index contributed by atoms with van der Waals surface area (Å²) in [5, 5.41) is 17.5. The van der Waals surface area contributed by atoms with E-state index >= 15 is 0 Å². The maximum atomic E-state index is 10.6. The lowest BCUT2D eigenvalue weighted by Crippen LogP contribution is -2.17. The first-order valence-corrected chi connectivity index (χ1v) is 10.9. The van der Waals surface area contributed by atoms with Gasteiger partial charge in [0.2, 0.25) is 5.82 Å². The van der Waals surface area contributed by atoms with Crippen LogP contribution in [0.3, 0.4) is 0 Å². The minimum absolute atomic E-state index is 0.0216. The molecule has 0 atom stereocenters. The monoisotopic (exact) mass is 440 g/mol. The van der Waals surface area contributed by atoms with E-state index in [1.165, 1.54) is 19.3 Å². The number of hydrogen-bond acceptors (Lipinski definition) is 7. The van der Waals surface area contributed by atoms with Gasteiger partial charge in [-0.25, -0.2) is 0 Å². The molecular formula is C23H28N4O5. The van der Waals surface area contributed by atoms with E-state index in [-0.39, 0.29) is 13.0 Å². The van der Waals surface area contributed by atoms with E-state index in [2.05, 4.69) is 19.9 Å². The number of methoxy groups -OCH3 is 1. The van der Waals surface area contributed by atoms with Gasteiger partial charge in [0.15, 0.2) is 0 Å². The van der Waals surface area contributed by atoms with Crippen molar-refractivity contribution >= 4 is 5.97 Å². The van der Waals surface area contributed by atoms with Crippen molar-refractivity contribution in [1.29, 1.82) is 0 Å². The summed E-state index contributed by atoms with van der Waals surface area (Å²) in [6.07, 6.45) is 7.71. The second-order valence-electron chi connectivity index (χ2n) is 7.99. The molecule has 0 radical (unpaired) electrons. The van der Waals surface area contributed by atoms with Crippen molar-refractivity contribution in [2.75, 3.05) is 13.7 Å². The van der Waals surface area contributed by atoms with E-state index in [0.29, 0.717) is 31.0 Å². The molecule has 1 aliphatic rings. The third kappa shape index (κ3) is 5.23. The number of ether oxygens (including phenoxy) is 2. The zero-order chi connectivity index (χ0) is 22.3. The van der Waals surface area contributed by atoms with Crippen molar-refractivity contribution in [3.05, 3.63) is 41.7 Å². The molecule has 1 fully saturated rings. The smallest absolute Gasteiger partial charge is 0.305 e. The molecule has 0 spiro atoms. The van der Waals surface area contributed by atoms with Crippen LogP contribution in [-0.4, -0.2) is 44.7 Å². The standard InChI is InChI=1S/C23H28N4O5/c1-30-15-20-19(13-24-27(20)18-8-3-2-4-9-18)23-25-22(26-32-23)17-7-5-6-16(12-17)14-31-11-10-21(28)29/h5-7,12-13,18H,2-4,8-11,14-15H2,1H3,(H,28,29). The molecule has 1 N–H and O–H groups in total. The van der Waals surface area contributed by atoms with E-state index in [1.54, 1.807) is 13.3 Å². The van der Waals surface area contributed by atoms with Crippen molar-refractivity contribution in [3.63, 3.8) is 0 Å². The van der Waals surface area contributed by atoms with Crippen LogP contribution in [0.15, 0.2) is 35.0 Å². The maximum absolute atomic E-state index is 10.6. The van der Waals surface area contributed by atoms with Gasteiger partial charge in [0.25, 0.3) is 5.89 Å². The van der Waals surface area contributed by atoms with Crippen molar-refractivity contribution in [1.82, 2.24) is 19.9 Å². The molecule has 0 aliphatic heterocycles. The van der Waals surface area contributed by atoms with Crippen LogP contribution in [0.2, 0.25) is 0 Å². The molecule has 2 heterocycles. The molecule has 170 valence electrons. The van der Waals surface area contributed by atoms with Crippen LogP contribution in [0.25, 0.3) is 22.8 Å². The SMILES string of the molecule is COCc1c(-c2nc(-c3cccc(COCCC(=O)O)c3)no2)cnn1C1CCCCC1. The average molecular weight is 441 g/mol. The van der Waals surface area contributed by atoms with Gasteiger partial charge in [-0.3, -0.25) is 9.48 Å². The summed E-state index contributed by atoms with van der Waals surface area (Å²) < 4.78 is 18.5. The highest BCUT2D eigenvalue weighted by atomic mass is 16.5. The van der Waals surface area contributed by atoms with Crippen LogP contribution in [0.4, 0.5) is 0 Å². The van der Waals surface area contributed by atoms with Gasteiger partial charge in [-0.1, -0.05) is 42.6 Å². The van der Waals surface area contributed by atoms with Crippen LogP contribution in [0.1, 0.15) is 55.8 Å². The topological polar surface area (TPSA) is 112 Å². The molecule has 0 unspecified atom stereocenters. The maximum Gasteiger partial charge on any atom is 0.305 e. The van der Waals surface area contributed by atoms with Crippen LogP contribution >= 0.6 is 0 Å². The molecule has 1 aromatic carbocycles. The van der Waals surface area contributed by atoms with Gasteiger partial charge in [0.05, 0.1) is 49.7 Å². The fourth-order valence-electron chi connectivity index (χ4n) is 4.09. The summed E-state index contributed by atoms with van der Waals surface area (Å²) in [6.45, 7) is 0.907. The molecule has 0 bridgehead atoms. The zero-order valence-corrected chi connectivity index (χ0v) is 18.2. The van der Waals surface area contributed by atoms with Crippen LogP contribution in [0.5, 0.6) is 0 Å². The van der Waals surface area contributed by atoms with Gasteiger partial charge in [0.1, 0.15) is 0 Å². The van der Waals surface area contributed by atoms with Crippen molar-refractivity contribution < 1.29 is 23.9 Å². The van der Waals surface area contributed by atoms with E-state index in [0.717, 1.165) is 35.2 Å². The number of carboxylic acid groups (broad SMARTS) is 1. The summed E-state index contributed by atoms with van der Waals surface area (Å²) in [5.41, 5.74) is 3.45. The lowest BCUT2D eigenvalue weighted by atomic mass is 9.95. The summed E-state index contributed by atoms with van der Waals surface area (Å²) in [7, 11) is 1.67. The number of carbonyl (C=O) groups is 1. The second kappa shape index (κ2) is 10.5. The molecule has 1 aliphatic carbocycles. The lowest BCUT2D eigenvalue weighted by Gasteiger charge is -2.24. The summed E-state index contributed by atoms with van der Waals surface area (Å²) in [4.78, 5) is 15.2. The van der Waals surface area contributed by atoms with Crippen LogP contribution in [-0.2, 0) is 27.5 Å². The Labute approximate surface area is 186 Å². The molecule has 1 saturated carbocycles. The van der Waals surface area contributed by atoms with Gasteiger partial charge >= 0.3 is 5.97 Å².